The van der Waals surface area contributed by atoms with Crippen LogP contribution in [0.15, 0.2) is 42.7 Å². The highest BCUT2D eigenvalue weighted by molar-refractivity contribution is 6.35. The second-order valence-electron chi connectivity index (χ2n) is 4.87. The Morgan fingerprint density at radius 2 is 2.09 bits per heavy atom. The van der Waals surface area contributed by atoms with Crippen LogP contribution >= 0.6 is 23.2 Å². The first-order valence-electron chi connectivity index (χ1n) is 7.12. The maximum absolute atomic E-state index is 6.05. The molecule has 0 aliphatic carbocycles. The third kappa shape index (κ3) is 4.21. The number of aromatic nitrogens is 4. The van der Waals surface area contributed by atoms with Crippen LogP contribution in [0.3, 0.4) is 0 Å². The fourth-order valence-corrected chi connectivity index (χ4v) is 2.51. The van der Waals surface area contributed by atoms with E-state index in [0.29, 0.717) is 28.2 Å². The van der Waals surface area contributed by atoms with Crippen molar-refractivity contribution in [2.75, 3.05) is 6.61 Å². The van der Waals surface area contributed by atoms with Crippen molar-refractivity contribution in [3.05, 3.63) is 58.6 Å². The summed E-state index contributed by atoms with van der Waals surface area (Å²) < 4.78 is 5.64. The molecule has 2 heterocycles. The number of nitrogens with zero attached hydrogens (tertiary/aromatic N) is 3. The SMILES string of the molecule is Clc1ccc(OCCCc2nc(-c3cccnc3)n[nH]2)c(Cl)c1. The molecule has 7 heteroatoms. The predicted octanol–water partition coefficient (Wildman–Crippen LogP) is 4.19. The first-order chi connectivity index (χ1) is 11.2. The Morgan fingerprint density at radius 1 is 1.17 bits per heavy atom. The van der Waals surface area contributed by atoms with Crippen molar-refractivity contribution in [2.45, 2.75) is 12.8 Å². The standard InChI is InChI=1S/C16H14Cl2N4O/c17-12-5-6-14(13(18)9-12)23-8-2-4-15-20-16(22-21-15)11-3-1-7-19-10-11/h1,3,5-7,9-10H,2,4,8H2,(H,20,21,22). The molecule has 0 radical (unpaired) electrons. The van der Waals surface area contributed by atoms with Crippen molar-refractivity contribution in [2.24, 2.45) is 0 Å². The van der Waals surface area contributed by atoms with Gasteiger partial charge >= 0.3 is 0 Å². The summed E-state index contributed by atoms with van der Waals surface area (Å²) in [6.07, 6.45) is 4.98. The fourth-order valence-electron chi connectivity index (χ4n) is 2.05. The maximum atomic E-state index is 6.05. The van der Waals surface area contributed by atoms with Crippen LogP contribution in [0.25, 0.3) is 11.4 Å². The predicted molar refractivity (Wildman–Crippen MR) is 89.9 cm³/mol. The van der Waals surface area contributed by atoms with Crippen molar-refractivity contribution < 1.29 is 4.74 Å². The zero-order valence-corrected chi connectivity index (χ0v) is 13.7. The van der Waals surface area contributed by atoms with E-state index in [4.69, 9.17) is 27.9 Å². The van der Waals surface area contributed by atoms with Crippen LogP contribution in [0.5, 0.6) is 5.75 Å². The molecule has 2 aromatic heterocycles. The summed E-state index contributed by atoms with van der Waals surface area (Å²) in [7, 11) is 0. The number of nitrogens with one attached hydrogen (secondary N) is 1. The van der Waals surface area contributed by atoms with Crippen LogP contribution in [0, 0.1) is 0 Å². The van der Waals surface area contributed by atoms with Gasteiger partial charge in [0.2, 0.25) is 0 Å². The molecular weight excluding hydrogens is 335 g/mol. The summed E-state index contributed by atoms with van der Waals surface area (Å²) >= 11 is 11.9. The smallest absolute Gasteiger partial charge is 0.182 e. The molecule has 0 atom stereocenters. The Kier molecular flexibility index (Phi) is 5.10. The Bertz CT molecular complexity index is 777. The molecule has 0 unspecified atom stereocenters. The number of hydrogen-bond acceptors (Lipinski definition) is 4. The van der Waals surface area contributed by atoms with Crippen LogP contribution in [-0.2, 0) is 6.42 Å². The zero-order chi connectivity index (χ0) is 16.1. The Balaban J connectivity index is 1.50. The number of aromatic amines is 1. The lowest BCUT2D eigenvalue weighted by Crippen LogP contribution is -2.00. The Labute approximate surface area is 143 Å². The van der Waals surface area contributed by atoms with E-state index in [1.165, 1.54) is 0 Å². The number of halogens is 2. The summed E-state index contributed by atoms with van der Waals surface area (Å²) in [6.45, 7) is 0.532. The van der Waals surface area contributed by atoms with Crippen LogP contribution in [-0.4, -0.2) is 26.8 Å². The number of pyridine rings is 1. The first-order valence-corrected chi connectivity index (χ1v) is 7.87. The van der Waals surface area contributed by atoms with Crippen molar-refractivity contribution in [1.82, 2.24) is 20.2 Å². The molecule has 0 bridgehead atoms. The lowest BCUT2D eigenvalue weighted by molar-refractivity contribution is 0.310. The average Bonchev–Trinajstić information content (AvgIpc) is 3.03. The van der Waals surface area contributed by atoms with E-state index in [-0.39, 0.29) is 0 Å². The average molecular weight is 349 g/mol. The molecule has 0 aliphatic heterocycles. The highest BCUT2D eigenvalue weighted by Crippen LogP contribution is 2.27. The molecule has 3 rings (SSSR count). The lowest BCUT2D eigenvalue weighted by Gasteiger charge is -2.07. The summed E-state index contributed by atoms with van der Waals surface area (Å²) in [4.78, 5) is 8.51. The normalized spacial score (nSPS) is 10.7. The zero-order valence-electron chi connectivity index (χ0n) is 12.2. The van der Waals surface area contributed by atoms with Crippen LogP contribution in [0.1, 0.15) is 12.2 Å². The second kappa shape index (κ2) is 7.44. The molecule has 0 fully saturated rings. The number of aryl methyl sites for hydroxylation is 1. The van der Waals surface area contributed by atoms with Gasteiger partial charge in [0.1, 0.15) is 11.6 Å². The van der Waals surface area contributed by atoms with Gasteiger partial charge in [0.05, 0.1) is 11.6 Å². The number of benzene rings is 1. The molecule has 3 aromatic rings. The van der Waals surface area contributed by atoms with Crippen molar-refractivity contribution >= 4 is 23.2 Å². The first kappa shape index (κ1) is 15.8. The van der Waals surface area contributed by atoms with E-state index in [1.807, 2.05) is 12.1 Å². The van der Waals surface area contributed by atoms with Gasteiger partial charge in [-0.15, -0.1) is 0 Å². The maximum Gasteiger partial charge on any atom is 0.182 e. The van der Waals surface area contributed by atoms with Gasteiger partial charge < -0.3 is 4.74 Å². The molecular formula is C16H14Cl2N4O. The topological polar surface area (TPSA) is 63.7 Å². The third-order valence-electron chi connectivity index (χ3n) is 3.16. The van der Waals surface area contributed by atoms with E-state index < -0.39 is 0 Å². The third-order valence-corrected chi connectivity index (χ3v) is 3.69. The molecule has 0 spiro atoms. The second-order valence-corrected chi connectivity index (χ2v) is 5.72. The summed E-state index contributed by atoms with van der Waals surface area (Å²) in [5.74, 6) is 2.09. The molecule has 23 heavy (non-hydrogen) atoms. The number of H-pyrrole nitrogens is 1. The molecule has 1 N–H and O–H groups in total. The fraction of sp³-hybridized carbons (Fsp3) is 0.188. The molecule has 0 saturated heterocycles. The van der Waals surface area contributed by atoms with E-state index in [2.05, 4.69) is 20.2 Å². The Hall–Kier alpha value is -2.11. The minimum absolute atomic E-state index is 0.510. The van der Waals surface area contributed by atoms with E-state index >= 15 is 0 Å². The van der Waals surface area contributed by atoms with Gasteiger partial charge in [-0.05, 0) is 36.8 Å². The molecule has 1 aromatic carbocycles. The highest BCUT2D eigenvalue weighted by Gasteiger charge is 2.06. The quantitative estimate of drug-likeness (QED) is 0.678. The van der Waals surface area contributed by atoms with Crippen LogP contribution in [0.2, 0.25) is 10.0 Å². The van der Waals surface area contributed by atoms with E-state index in [9.17, 15) is 0 Å². The summed E-state index contributed by atoms with van der Waals surface area (Å²) in [5, 5.41) is 8.23. The minimum Gasteiger partial charge on any atom is -0.492 e. The molecule has 0 amide bonds. The molecule has 0 saturated carbocycles. The number of ether oxygens (including phenoxy) is 1. The monoisotopic (exact) mass is 348 g/mol. The van der Waals surface area contributed by atoms with Gasteiger partial charge in [0.25, 0.3) is 0 Å². The van der Waals surface area contributed by atoms with Gasteiger partial charge in [0.15, 0.2) is 5.82 Å². The summed E-state index contributed by atoms with van der Waals surface area (Å²) in [5.41, 5.74) is 0.888. The molecule has 118 valence electrons. The highest BCUT2D eigenvalue weighted by atomic mass is 35.5. The molecule has 5 nitrogen and oxygen atoms in total. The van der Waals surface area contributed by atoms with Crippen molar-refractivity contribution in [1.29, 1.82) is 0 Å². The van der Waals surface area contributed by atoms with Gasteiger partial charge in [-0.25, -0.2) is 4.98 Å². The van der Waals surface area contributed by atoms with Crippen molar-refractivity contribution in [3.8, 4) is 17.1 Å². The summed E-state index contributed by atoms with van der Waals surface area (Å²) in [6, 6.07) is 8.95. The Morgan fingerprint density at radius 3 is 2.87 bits per heavy atom. The van der Waals surface area contributed by atoms with Gasteiger partial charge in [0, 0.05) is 29.4 Å². The van der Waals surface area contributed by atoms with E-state index in [1.54, 1.807) is 30.6 Å². The lowest BCUT2D eigenvalue weighted by atomic mass is 10.3. The minimum atomic E-state index is 0.510. The number of hydrogen-bond donors (Lipinski definition) is 1. The van der Waals surface area contributed by atoms with Crippen LogP contribution in [0.4, 0.5) is 0 Å². The van der Waals surface area contributed by atoms with Crippen molar-refractivity contribution in [3.63, 3.8) is 0 Å². The number of rotatable bonds is 6. The van der Waals surface area contributed by atoms with Gasteiger partial charge in [-0.2, -0.15) is 5.10 Å². The van der Waals surface area contributed by atoms with Gasteiger partial charge in [-0.3, -0.25) is 10.1 Å². The van der Waals surface area contributed by atoms with Gasteiger partial charge in [-0.1, -0.05) is 23.2 Å². The molecule has 0 aliphatic rings. The van der Waals surface area contributed by atoms with E-state index in [0.717, 1.165) is 24.2 Å². The van der Waals surface area contributed by atoms with Crippen LogP contribution < -0.4 is 4.74 Å². The largest absolute Gasteiger partial charge is 0.492 e.